The third-order valence-electron chi connectivity index (χ3n) is 3.41. The van der Waals surface area contributed by atoms with Gasteiger partial charge in [0, 0.05) is 10.9 Å². The molecular weight excluding hydrogens is 330 g/mol. The number of benzene rings is 1. The minimum absolute atomic E-state index is 0.0236. The molecule has 0 fully saturated rings. The molecule has 3 aromatic rings. The number of nitrogens with one attached hydrogen (secondary N) is 1. The highest BCUT2D eigenvalue weighted by molar-refractivity contribution is 9.10. The summed E-state index contributed by atoms with van der Waals surface area (Å²) >= 11 is 3.52. The van der Waals surface area contributed by atoms with Gasteiger partial charge in [-0.3, -0.25) is 5.41 Å². The molecule has 6 heteroatoms. The molecule has 0 amide bonds. The Balaban J connectivity index is 2.33. The first-order valence-electron chi connectivity index (χ1n) is 6.45. The van der Waals surface area contributed by atoms with Crippen LogP contribution in [0.3, 0.4) is 0 Å². The number of hydrogen-bond donors (Lipinski definition) is 2. The highest BCUT2D eigenvalue weighted by atomic mass is 79.9. The van der Waals surface area contributed by atoms with E-state index in [1.54, 1.807) is 10.7 Å². The summed E-state index contributed by atoms with van der Waals surface area (Å²) in [7, 11) is 0. The summed E-state index contributed by atoms with van der Waals surface area (Å²) in [5, 5.41) is 13.1. The largest absolute Gasteiger partial charge is 0.384 e. The number of halogens is 1. The number of pyridine rings is 1. The molecule has 0 aliphatic carbocycles. The second kappa shape index (κ2) is 4.96. The fourth-order valence-corrected chi connectivity index (χ4v) is 2.59. The SMILES string of the molecule is Cc1nn(-c2cc(C(=N)N)c3ccccc3n2)c(C)c1Br. The smallest absolute Gasteiger partial charge is 0.155 e. The van der Waals surface area contributed by atoms with Gasteiger partial charge in [0.2, 0.25) is 0 Å². The molecule has 3 rings (SSSR count). The Labute approximate surface area is 130 Å². The number of aromatic nitrogens is 3. The minimum atomic E-state index is 0.0236. The lowest BCUT2D eigenvalue weighted by atomic mass is 10.1. The maximum Gasteiger partial charge on any atom is 0.155 e. The van der Waals surface area contributed by atoms with E-state index in [2.05, 4.69) is 26.0 Å². The average molecular weight is 344 g/mol. The summed E-state index contributed by atoms with van der Waals surface area (Å²) in [6.45, 7) is 3.90. The molecule has 0 aliphatic heterocycles. The van der Waals surface area contributed by atoms with Gasteiger partial charge in [0.25, 0.3) is 0 Å². The lowest BCUT2D eigenvalue weighted by molar-refractivity contribution is 0.810. The van der Waals surface area contributed by atoms with E-state index < -0.39 is 0 Å². The molecule has 0 unspecified atom stereocenters. The van der Waals surface area contributed by atoms with Gasteiger partial charge in [-0.1, -0.05) is 18.2 Å². The Morgan fingerprint density at radius 1 is 1.29 bits per heavy atom. The van der Waals surface area contributed by atoms with Crippen LogP contribution in [-0.4, -0.2) is 20.6 Å². The molecule has 3 N–H and O–H groups in total. The molecule has 2 heterocycles. The van der Waals surface area contributed by atoms with Crippen LogP contribution in [0.2, 0.25) is 0 Å². The molecule has 0 bridgehead atoms. The first kappa shape index (κ1) is 13.8. The molecular formula is C15H14BrN5. The predicted molar refractivity (Wildman–Crippen MR) is 87.1 cm³/mol. The van der Waals surface area contributed by atoms with Crippen LogP contribution in [-0.2, 0) is 0 Å². The molecule has 0 saturated carbocycles. The van der Waals surface area contributed by atoms with Crippen LogP contribution in [0, 0.1) is 19.3 Å². The van der Waals surface area contributed by atoms with Crippen LogP contribution >= 0.6 is 15.9 Å². The maximum absolute atomic E-state index is 7.79. The number of para-hydroxylation sites is 1. The zero-order valence-electron chi connectivity index (χ0n) is 11.7. The topological polar surface area (TPSA) is 80.6 Å². The van der Waals surface area contributed by atoms with E-state index in [1.807, 2.05) is 38.1 Å². The fraction of sp³-hybridized carbons (Fsp3) is 0.133. The van der Waals surface area contributed by atoms with Gasteiger partial charge in [0.05, 0.1) is 21.4 Å². The second-order valence-electron chi connectivity index (χ2n) is 4.86. The molecule has 21 heavy (non-hydrogen) atoms. The molecule has 5 nitrogen and oxygen atoms in total. The number of rotatable bonds is 2. The van der Waals surface area contributed by atoms with E-state index in [4.69, 9.17) is 11.1 Å². The van der Waals surface area contributed by atoms with E-state index in [1.165, 1.54) is 0 Å². The summed E-state index contributed by atoms with van der Waals surface area (Å²) < 4.78 is 2.72. The molecule has 0 spiro atoms. The highest BCUT2D eigenvalue weighted by Gasteiger charge is 2.14. The van der Waals surface area contributed by atoms with Crippen molar-refractivity contribution >= 4 is 32.7 Å². The summed E-state index contributed by atoms with van der Waals surface area (Å²) in [5.41, 5.74) is 9.04. The van der Waals surface area contributed by atoms with E-state index >= 15 is 0 Å². The lowest BCUT2D eigenvalue weighted by Crippen LogP contribution is -2.14. The number of nitrogens with two attached hydrogens (primary N) is 1. The summed E-state index contributed by atoms with van der Waals surface area (Å²) in [5.74, 6) is 0.681. The van der Waals surface area contributed by atoms with E-state index in [9.17, 15) is 0 Å². The van der Waals surface area contributed by atoms with Gasteiger partial charge in [0.15, 0.2) is 5.82 Å². The van der Waals surface area contributed by atoms with E-state index in [0.29, 0.717) is 11.4 Å². The zero-order valence-corrected chi connectivity index (χ0v) is 13.3. The lowest BCUT2D eigenvalue weighted by Gasteiger charge is -2.09. The van der Waals surface area contributed by atoms with Crippen molar-refractivity contribution in [2.24, 2.45) is 5.73 Å². The van der Waals surface area contributed by atoms with Crippen LogP contribution < -0.4 is 5.73 Å². The second-order valence-corrected chi connectivity index (χ2v) is 5.65. The van der Waals surface area contributed by atoms with Gasteiger partial charge in [0.1, 0.15) is 5.84 Å². The van der Waals surface area contributed by atoms with Gasteiger partial charge in [-0.15, -0.1) is 0 Å². The van der Waals surface area contributed by atoms with Gasteiger partial charge in [-0.05, 0) is 41.9 Å². The Morgan fingerprint density at radius 2 is 2.00 bits per heavy atom. The van der Waals surface area contributed by atoms with Crippen molar-refractivity contribution in [2.75, 3.05) is 0 Å². The predicted octanol–water partition coefficient (Wildman–Crippen LogP) is 3.08. The third kappa shape index (κ3) is 2.21. The van der Waals surface area contributed by atoms with Crippen molar-refractivity contribution in [1.82, 2.24) is 14.8 Å². The first-order valence-corrected chi connectivity index (χ1v) is 7.24. The zero-order chi connectivity index (χ0) is 15.1. The third-order valence-corrected chi connectivity index (χ3v) is 4.56. The Hall–Kier alpha value is -2.21. The molecule has 2 aromatic heterocycles. The Bertz CT molecular complexity index is 866. The van der Waals surface area contributed by atoms with Gasteiger partial charge >= 0.3 is 0 Å². The van der Waals surface area contributed by atoms with Gasteiger partial charge < -0.3 is 5.73 Å². The molecule has 0 radical (unpaired) electrons. The maximum atomic E-state index is 7.79. The van der Waals surface area contributed by atoms with Crippen molar-refractivity contribution in [1.29, 1.82) is 5.41 Å². The number of hydrogen-bond acceptors (Lipinski definition) is 3. The number of nitrogen functional groups attached to an aromatic ring is 1. The molecule has 106 valence electrons. The highest BCUT2D eigenvalue weighted by Crippen LogP contribution is 2.25. The van der Waals surface area contributed by atoms with Crippen LogP contribution in [0.4, 0.5) is 0 Å². The summed E-state index contributed by atoms with van der Waals surface area (Å²) in [6, 6.07) is 9.46. The van der Waals surface area contributed by atoms with Crippen molar-refractivity contribution < 1.29 is 0 Å². The van der Waals surface area contributed by atoms with E-state index in [-0.39, 0.29) is 5.84 Å². The Morgan fingerprint density at radius 3 is 2.62 bits per heavy atom. The normalized spacial score (nSPS) is 11.0. The van der Waals surface area contributed by atoms with Gasteiger partial charge in [-0.2, -0.15) is 5.10 Å². The van der Waals surface area contributed by atoms with E-state index in [0.717, 1.165) is 26.8 Å². The number of nitrogens with zero attached hydrogens (tertiary/aromatic N) is 3. The average Bonchev–Trinajstić information content (AvgIpc) is 2.73. The molecule has 0 aliphatic rings. The van der Waals surface area contributed by atoms with Crippen LogP contribution in [0.1, 0.15) is 17.0 Å². The summed E-state index contributed by atoms with van der Waals surface area (Å²) in [6.07, 6.45) is 0. The van der Waals surface area contributed by atoms with Crippen molar-refractivity contribution in [3.63, 3.8) is 0 Å². The van der Waals surface area contributed by atoms with Crippen LogP contribution in [0.25, 0.3) is 16.7 Å². The molecule has 0 atom stereocenters. The summed E-state index contributed by atoms with van der Waals surface area (Å²) in [4.78, 5) is 4.63. The standard InChI is InChI=1S/C15H14BrN5/c1-8-14(16)9(2)21(20-8)13-7-11(15(17)18)10-5-3-4-6-12(10)19-13/h3-7H,1-2H3,(H3,17,18). The number of amidine groups is 1. The number of fused-ring (bicyclic) bond motifs is 1. The fourth-order valence-electron chi connectivity index (χ4n) is 2.34. The Kier molecular flexibility index (Phi) is 3.25. The van der Waals surface area contributed by atoms with Gasteiger partial charge in [-0.25, -0.2) is 9.67 Å². The first-order chi connectivity index (χ1) is 9.99. The molecule has 0 saturated heterocycles. The van der Waals surface area contributed by atoms with Crippen molar-refractivity contribution in [2.45, 2.75) is 13.8 Å². The van der Waals surface area contributed by atoms with Crippen molar-refractivity contribution in [3.05, 3.63) is 51.8 Å². The number of aryl methyl sites for hydroxylation is 1. The van der Waals surface area contributed by atoms with Crippen LogP contribution in [0.5, 0.6) is 0 Å². The quantitative estimate of drug-likeness (QED) is 0.554. The van der Waals surface area contributed by atoms with Crippen LogP contribution in [0.15, 0.2) is 34.8 Å². The van der Waals surface area contributed by atoms with Crippen molar-refractivity contribution in [3.8, 4) is 5.82 Å². The minimum Gasteiger partial charge on any atom is -0.384 e. The molecule has 1 aromatic carbocycles. The monoisotopic (exact) mass is 343 g/mol.